The van der Waals surface area contributed by atoms with Crippen LogP contribution in [0.5, 0.6) is 11.5 Å². The van der Waals surface area contributed by atoms with Crippen molar-refractivity contribution in [1.82, 2.24) is 0 Å². The SMILES string of the molecule is CCCCCCCCOc1cc(CBr)ccc1OC. The minimum atomic E-state index is 0.772. The van der Waals surface area contributed by atoms with E-state index in [0.717, 1.165) is 29.9 Å². The lowest BCUT2D eigenvalue weighted by Crippen LogP contribution is -2.00. The van der Waals surface area contributed by atoms with Gasteiger partial charge in [-0.05, 0) is 24.1 Å². The summed E-state index contributed by atoms with van der Waals surface area (Å²) in [4.78, 5) is 0. The summed E-state index contributed by atoms with van der Waals surface area (Å²) in [5, 5.41) is 0.838. The van der Waals surface area contributed by atoms with Crippen LogP contribution in [0.4, 0.5) is 0 Å². The summed E-state index contributed by atoms with van der Waals surface area (Å²) >= 11 is 3.46. The van der Waals surface area contributed by atoms with Crippen molar-refractivity contribution in [3.63, 3.8) is 0 Å². The number of methoxy groups -OCH3 is 1. The van der Waals surface area contributed by atoms with E-state index in [1.807, 2.05) is 18.2 Å². The summed E-state index contributed by atoms with van der Waals surface area (Å²) in [6.45, 7) is 3.01. The summed E-state index contributed by atoms with van der Waals surface area (Å²) in [6.07, 6.45) is 7.68. The van der Waals surface area contributed by atoms with Crippen molar-refractivity contribution in [2.75, 3.05) is 13.7 Å². The number of halogens is 1. The molecule has 0 aliphatic rings. The molecule has 0 saturated carbocycles. The average molecular weight is 329 g/mol. The van der Waals surface area contributed by atoms with Crippen LogP contribution < -0.4 is 9.47 Å². The summed E-state index contributed by atoms with van der Waals surface area (Å²) in [5.74, 6) is 1.67. The molecule has 0 atom stereocenters. The van der Waals surface area contributed by atoms with Gasteiger partial charge in [0.1, 0.15) is 0 Å². The molecule has 1 aromatic rings. The Morgan fingerprint density at radius 3 is 2.42 bits per heavy atom. The minimum Gasteiger partial charge on any atom is -0.493 e. The van der Waals surface area contributed by atoms with Crippen LogP contribution in [0, 0.1) is 0 Å². The van der Waals surface area contributed by atoms with Crippen molar-refractivity contribution in [3.05, 3.63) is 23.8 Å². The van der Waals surface area contributed by atoms with Crippen LogP contribution in [0.15, 0.2) is 18.2 Å². The molecule has 0 fully saturated rings. The highest BCUT2D eigenvalue weighted by molar-refractivity contribution is 9.08. The molecular formula is C16H25BrO2. The van der Waals surface area contributed by atoms with Crippen molar-refractivity contribution >= 4 is 15.9 Å². The highest BCUT2D eigenvalue weighted by Crippen LogP contribution is 2.29. The molecule has 0 aromatic heterocycles. The van der Waals surface area contributed by atoms with Gasteiger partial charge in [-0.1, -0.05) is 61.0 Å². The van der Waals surface area contributed by atoms with Crippen LogP contribution in [0.3, 0.4) is 0 Å². The molecule has 19 heavy (non-hydrogen) atoms. The predicted octanol–water partition coefficient (Wildman–Crippen LogP) is 5.33. The maximum Gasteiger partial charge on any atom is 0.161 e. The number of hydrogen-bond acceptors (Lipinski definition) is 2. The zero-order chi connectivity index (χ0) is 13.9. The molecule has 0 unspecified atom stereocenters. The number of benzene rings is 1. The Kier molecular flexibility index (Phi) is 8.72. The highest BCUT2D eigenvalue weighted by Gasteiger charge is 2.05. The standard InChI is InChI=1S/C16H25BrO2/c1-3-4-5-6-7-8-11-19-16-12-14(13-17)9-10-15(16)18-2/h9-10,12H,3-8,11,13H2,1-2H3. The summed E-state index contributed by atoms with van der Waals surface area (Å²) in [6, 6.07) is 6.06. The van der Waals surface area contributed by atoms with E-state index in [4.69, 9.17) is 9.47 Å². The highest BCUT2D eigenvalue weighted by atomic mass is 79.9. The van der Waals surface area contributed by atoms with Crippen LogP contribution in [0.1, 0.15) is 51.0 Å². The maximum absolute atomic E-state index is 5.83. The van der Waals surface area contributed by atoms with Crippen molar-refractivity contribution in [2.45, 2.75) is 50.8 Å². The number of alkyl halides is 1. The van der Waals surface area contributed by atoms with Crippen LogP contribution in [-0.2, 0) is 5.33 Å². The fourth-order valence-corrected chi connectivity index (χ4v) is 2.33. The molecule has 1 aromatic carbocycles. The molecule has 3 heteroatoms. The molecule has 0 N–H and O–H groups in total. The Morgan fingerprint density at radius 1 is 1.00 bits per heavy atom. The molecule has 108 valence electrons. The van der Waals surface area contributed by atoms with Crippen molar-refractivity contribution in [2.24, 2.45) is 0 Å². The van der Waals surface area contributed by atoms with E-state index in [1.165, 1.54) is 37.7 Å². The lowest BCUT2D eigenvalue weighted by molar-refractivity contribution is 0.284. The van der Waals surface area contributed by atoms with Gasteiger partial charge in [-0.3, -0.25) is 0 Å². The second-order valence-electron chi connectivity index (χ2n) is 4.74. The van der Waals surface area contributed by atoms with Gasteiger partial charge >= 0.3 is 0 Å². The first-order valence-electron chi connectivity index (χ1n) is 7.17. The fourth-order valence-electron chi connectivity index (χ4n) is 1.98. The van der Waals surface area contributed by atoms with Crippen LogP contribution in [0.2, 0.25) is 0 Å². The Bertz CT molecular complexity index is 353. The average Bonchev–Trinajstić information content (AvgIpc) is 2.46. The minimum absolute atomic E-state index is 0.772. The smallest absolute Gasteiger partial charge is 0.161 e. The first-order valence-corrected chi connectivity index (χ1v) is 8.29. The van der Waals surface area contributed by atoms with E-state index >= 15 is 0 Å². The molecule has 0 heterocycles. The maximum atomic E-state index is 5.83. The number of hydrogen-bond donors (Lipinski definition) is 0. The number of unbranched alkanes of at least 4 members (excludes halogenated alkanes) is 5. The molecule has 0 amide bonds. The molecule has 2 nitrogen and oxygen atoms in total. The van der Waals surface area contributed by atoms with Gasteiger partial charge in [-0.15, -0.1) is 0 Å². The summed E-state index contributed by atoms with van der Waals surface area (Å²) < 4.78 is 11.1. The van der Waals surface area contributed by atoms with Crippen molar-refractivity contribution in [1.29, 1.82) is 0 Å². The molecule has 0 bridgehead atoms. The Hall–Kier alpha value is -0.700. The van der Waals surface area contributed by atoms with E-state index < -0.39 is 0 Å². The fraction of sp³-hybridized carbons (Fsp3) is 0.625. The largest absolute Gasteiger partial charge is 0.493 e. The first kappa shape index (κ1) is 16.4. The quantitative estimate of drug-likeness (QED) is 0.427. The second kappa shape index (κ2) is 10.1. The molecule has 0 radical (unpaired) electrons. The van der Waals surface area contributed by atoms with E-state index in [2.05, 4.69) is 22.9 Å². The molecule has 0 saturated heterocycles. The Labute approximate surface area is 125 Å². The van der Waals surface area contributed by atoms with E-state index in [0.29, 0.717) is 0 Å². The third-order valence-electron chi connectivity index (χ3n) is 3.14. The van der Waals surface area contributed by atoms with Crippen molar-refractivity contribution in [3.8, 4) is 11.5 Å². The van der Waals surface area contributed by atoms with Gasteiger partial charge in [0.05, 0.1) is 13.7 Å². The van der Waals surface area contributed by atoms with Gasteiger partial charge in [-0.2, -0.15) is 0 Å². The van der Waals surface area contributed by atoms with Gasteiger partial charge in [0.25, 0.3) is 0 Å². The van der Waals surface area contributed by atoms with Crippen molar-refractivity contribution < 1.29 is 9.47 Å². The van der Waals surface area contributed by atoms with E-state index in [1.54, 1.807) is 7.11 Å². The molecule has 1 rings (SSSR count). The van der Waals surface area contributed by atoms with Crippen LogP contribution in [0.25, 0.3) is 0 Å². The summed E-state index contributed by atoms with van der Waals surface area (Å²) in [7, 11) is 1.68. The first-order chi connectivity index (χ1) is 9.31. The van der Waals surface area contributed by atoms with Gasteiger partial charge in [0.15, 0.2) is 11.5 Å². The number of ether oxygens (including phenoxy) is 2. The predicted molar refractivity (Wildman–Crippen MR) is 84.5 cm³/mol. The molecule has 0 spiro atoms. The normalized spacial score (nSPS) is 10.5. The van der Waals surface area contributed by atoms with Crippen LogP contribution >= 0.6 is 15.9 Å². The monoisotopic (exact) mass is 328 g/mol. The van der Waals surface area contributed by atoms with Crippen LogP contribution in [-0.4, -0.2) is 13.7 Å². The van der Waals surface area contributed by atoms with Gasteiger partial charge in [-0.25, -0.2) is 0 Å². The second-order valence-corrected chi connectivity index (χ2v) is 5.30. The Morgan fingerprint density at radius 2 is 1.74 bits per heavy atom. The van der Waals surface area contributed by atoms with Gasteiger partial charge in [0, 0.05) is 5.33 Å². The molecule has 0 aliphatic heterocycles. The zero-order valence-electron chi connectivity index (χ0n) is 12.1. The Balaban J connectivity index is 2.31. The zero-order valence-corrected chi connectivity index (χ0v) is 13.7. The molecule has 0 aliphatic carbocycles. The molecular weight excluding hydrogens is 304 g/mol. The lowest BCUT2D eigenvalue weighted by atomic mass is 10.1. The topological polar surface area (TPSA) is 18.5 Å². The van der Waals surface area contributed by atoms with E-state index in [9.17, 15) is 0 Å². The third-order valence-corrected chi connectivity index (χ3v) is 3.79. The van der Waals surface area contributed by atoms with Gasteiger partial charge in [0.2, 0.25) is 0 Å². The summed E-state index contributed by atoms with van der Waals surface area (Å²) in [5.41, 5.74) is 1.21. The lowest BCUT2D eigenvalue weighted by Gasteiger charge is -2.11. The number of rotatable bonds is 10. The van der Waals surface area contributed by atoms with Gasteiger partial charge < -0.3 is 9.47 Å². The van der Waals surface area contributed by atoms with E-state index in [-0.39, 0.29) is 0 Å². The third kappa shape index (κ3) is 6.33.